The number of hydrogen-bond donors (Lipinski definition) is 3. The molecule has 18 heavy (non-hydrogen) atoms. The van der Waals surface area contributed by atoms with E-state index in [9.17, 15) is 9.59 Å². The fourth-order valence-electron chi connectivity index (χ4n) is 1.63. The molecule has 106 valence electrons. The van der Waals surface area contributed by atoms with E-state index in [1.807, 2.05) is 13.8 Å². The molecule has 2 amide bonds. The number of aliphatic carboxylic acids is 1. The lowest BCUT2D eigenvalue weighted by atomic mass is 9.90. The molecule has 0 saturated heterocycles. The number of carbonyl (C=O) groups is 2. The van der Waals surface area contributed by atoms with Crippen LogP contribution in [0.4, 0.5) is 4.79 Å². The smallest absolute Gasteiger partial charge is 0.315 e. The van der Waals surface area contributed by atoms with Crippen molar-refractivity contribution in [2.24, 2.45) is 5.41 Å². The molecule has 0 fully saturated rings. The summed E-state index contributed by atoms with van der Waals surface area (Å²) in [5.74, 6) is -0.851. The van der Waals surface area contributed by atoms with Crippen molar-refractivity contribution < 1.29 is 14.7 Å². The average molecular weight is 258 g/mol. The summed E-state index contributed by atoms with van der Waals surface area (Å²) < 4.78 is 0. The van der Waals surface area contributed by atoms with E-state index in [4.69, 9.17) is 5.11 Å². The highest BCUT2D eigenvalue weighted by Gasteiger charge is 2.27. The van der Waals surface area contributed by atoms with Gasteiger partial charge in [0.2, 0.25) is 0 Å². The van der Waals surface area contributed by atoms with Gasteiger partial charge in [0.15, 0.2) is 0 Å². The maximum atomic E-state index is 11.6. The Balaban J connectivity index is 4.02. The summed E-state index contributed by atoms with van der Waals surface area (Å²) in [5, 5.41) is 14.5. The molecular weight excluding hydrogens is 232 g/mol. The first-order valence-electron chi connectivity index (χ1n) is 6.40. The molecule has 5 heteroatoms. The van der Waals surface area contributed by atoms with E-state index >= 15 is 0 Å². The van der Waals surface area contributed by atoms with Crippen molar-refractivity contribution in [1.29, 1.82) is 0 Å². The number of carbonyl (C=O) groups excluding carboxylic acids is 1. The van der Waals surface area contributed by atoms with Crippen molar-refractivity contribution in [2.45, 2.75) is 59.4 Å². The maximum Gasteiger partial charge on any atom is 0.315 e. The van der Waals surface area contributed by atoms with Gasteiger partial charge in [-0.15, -0.1) is 0 Å². The monoisotopic (exact) mass is 258 g/mol. The van der Waals surface area contributed by atoms with Crippen molar-refractivity contribution >= 4 is 12.0 Å². The Hall–Kier alpha value is -1.26. The third kappa shape index (κ3) is 6.47. The number of urea groups is 1. The standard InChI is InChI=1S/C13H26N2O3/c1-6-7-13(4,5)15-11(18)14-9-8-12(2,3)10(16)17/h6-9H2,1-5H3,(H,16,17)(H2,14,15,18). The summed E-state index contributed by atoms with van der Waals surface area (Å²) in [4.78, 5) is 22.5. The Kier molecular flexibility index (Phi) is 6.15. The van der Waals surface area contributed by atoms with Crippen LogP contribution in [0.3, 0.4) is 0 Å². The summed E-state index contributed by atoms with van der Waals surface area (Å²) in [7, 11) is 0. The third-order valence-corrected chi connectivity index (χ3v) is 2.94. The van der Waals surface area contributed by atoms with Crippen LogP contribution in [0.2, 0.25) is 0 Å². The minimum atomic E-state index is -0.851. The second-order valence-electron chi connectivity index (χ2n) is 5.95. The van der Waals surface area contributed by atoms with E-state index in [0.717, 1.165) is 12.8 Å². The zero-order valence-corrected chi connectivity index (χ0v) is 12.1. The van der Waals surface area contributed by atoms with E-state index in [1.165, 1.54) is 0 Å². The normalized spacial score (nSPS) is 12.1. The zero-order chi connectivity index (χ0) is 14.4. The van der Waals surface area contributed by atoms with Crippen LogP contribution in [-0.2, 0) is 4.79 Å². The van der Waals surface area contributed by atoms with Crippen LogP contribution in [0, 0.1) is 5.41 Å². The summed E-state index contributed by atoms with van der Waals surface area (Å²) in [6.07, 6.45) is 2.31. The first kappa shape index (κ1) is 16.7. The van der Waals surface area contributed by atoms with Gasteiger partial charge >= 0.3 is 12.0 Å². The van der Waals surface area contributed by atoms with Crippen molar-refractivity contribution in [3.8, 4) is 0 Å². The quantitative estimate of drug-likeness (QED) is 0.656. The lowest BCUT2D eigenvalue weighted by Crippen LogP contribution is -2.48. The Morgan fingerprint density at radius 3 is 2.11 bits per heavy atom. The summed E-state index contributed by atoms with van der Waals surface area (Å²) >= 11 is 0. The molecule has 3 N–H and O–H groups in total. The van der Waals surface area contributed by atoms with Gasteiger partial charge in [-0.2, -0.15) is 0 Å². The van der Waals surface area contributed by atoms with Crippen LogP contribution in [-0.4, -0.2) is 29.2 Å². The molecule has 0 unspecified atom stereocenters. The van der Waals surface area contributed by atoms with E-state index in [2.05, 4.69) is 17.6 Å². The molecule has 0 aromatic rings. The Labute approximate surface area is 109 Å². The lowest BCUT2D eigenvalue weighted by Gasteiger charge is -2.26. The van der Waals surface area contributed by atoms with Crippen molar-refractivity contribution in [3.63, 3.8) is 0 Å². The molecule has 0 saturated carbocycles. The predicted molar refractivity (Wildman–Crippen MR) is 71.6 cm³/mol. The molecule has 0 radical (unpaired) electrons. The molecule has 0 aliphatic rings. The number of carboxylic acids is 1. The number of hydrogen-bond acceptors (Lipinski definition) is 2. The summed E-state index contributed by atoms with van der Waals surface area (Å²) in [5.41, 5.74) is -1.05. The Morgan fingerprint density at radius 2 is 1.67 bits per heavy atom. The largest absolute Gasteiger partial charge is 0.481 e. The van der Waals surface area contributed by atoms with Gasteiger partial charge in [-0.1, -0.05) is 13.3 Å². The molecule has 0 aliphatic heterocycles. The number of amides is 2. The number of carboxylic acid groups (broad SMARTS) is 1. The molecule has 0 rings (SSSR count). The second-order valence-corrected chi connectivity index (χ2v) is 5.95. The van der Waals surface area contributed by atoms with Crippen molar-refractivity contribution in [2.75, 3.05) is 6.54 Å². The van der Waals surface area contributed by atoms with Gasteiger partial charge in [0, 0.05) is 12.1 Å². The first-order chi connectivity index (χ1) is 8.10. The fraction of sp³-hybridized carbons (Fsp3) is 0.846. The van der Waals surface area contributed by atoms with E-state index in [1.54, 1.807) is 13.8 Å². The number of rotatable bonds is 7. The lowest BCUT2D eigenvalue weighted by molar-refractivity contribution is -0.147. The minimum absolute atomic E-state index is 0.235. The zero-order valence-electron chi connectivity index (χ0n) is 12.1. The fourth-order valence-corrected chi connectivity index (χ4v) is 1.63. The Bertz CT molecular complexity index is 299. The van der Waals surface area contributed by atoms with Crippen LogP contribution in [0.5, 0.6) is 0 Å². The second kappa shape index (κ2) is 6.61. The minimum Gasteiger partial charge on any atom is -0.481 e. The molecular formula is C13H26N2O3. The Morgan fingerprint density at radius 1 is 1.11 bits per heavy atom. The van der Waals surface area contributed by atoms with Crippen LogP contribution < -0.4 is 10.6 Å². The van der Waals surface area contributed by atoms with Gasteiger partial charge in [-0.05, 0) is 40.5 Å². The topological polar surface area (TPSA) is 78.4 Å². The van der Waals surface area contributed by atoms with Crippen molar-refractivity contribution in [3.05, 3.63) is 0 Å². The van der Waals surface area contributed by atoms with E-state index in [-0.39, 0.29) is 11.6 Å². The van der Waals surface area contributed by atoms with Gasteiger partial charge in [0.1, 0.15) is 0 Å². The average Bonchev–Trinajstić information content (AvgIpc) is 2.15. The SMILES string of the molecule is CCCC(C)(C)NC(=O)NCCC(C)(C)C(=O)O. The highest BCUT2D eigenvalue weighted by atomic mass is 16.4. The van der Waals surface area contributed by atoms with Gasteiger partial charge < -0.3 is 15.7 Å². The van der Waals surface area contributed by atoms with Gasteiger partial charge in [-0.3, -0.25) is 4.79 Å². The molecule has 0 aliphatic carbocycles. The van der Waals surface area contributed by atoms with E-state index in [0.29, 0.717) is 13.0 Å². The summed E-state index contributed by atoms with van der Waals surface area (Å²) in [6.45, 7) is 9.66. The van der Waals surface area contributed by atoms with Gasteiger partial charge in [-0.25, -0.2) is 4.79 Å². The first-order valence-corrected chi connectivity index (χ1v) is 6.40. The molecule has 0 aromatic carbocycles. The van der Waals surface area contributed by atoms with E-state index < -0.39 is 11.4 Å². The molecule has 0 atom stereocenters. The highest BCUT2D eigenvalue weighted by molar-refractivity contribution is 5.75. The molecule has 5 nitrogen and oxygen atoms in total. The van der Waals surface area contributed by atoms with Crippen molar-refractivity contribution in [1.82, 2.24) is 10.6 Å². The molecule has 0 spiro atoms. The highest BCUT2D eigenvalue weighted by Crippen LogP contribution is 2.19. The maximum absolute atomic E-state index is 11.6. The van der Waals surface area contributed by atoms with Gasteiger partial charge in [0.25, 0.3) is 0 Å². The van der Waals surface area contributed by atoms with Crippen LogP contribution >= 0.6 is 0 Å². The predicted octanol–water partition coefficient (Wildman–Crippen LogP) is 2.37. The molecule has 0 heterocycles. The van der Waals surface area contributed by atoms with Crippen LogP contribution in [0.25, 0.3) is 0 Å². The number of nitrogens with one attached hydrogen (secondary N) is 2. The molecule has 0 aromatic heterocycles. The third-order valence-electron chi connectivity index (χ3n) is 2.94. The molecule has 0 bridgehead atoms. The van der Waals surface area contributed by atoms with Crippen LogP contribution in [0.15, 0.2) is 0 Å². The van der Waals surface area contributed by atoms with Gasteiger partial charge in [0.05, 0.1) is 5.41 Å². The van der Waals surface area contributed by atoms with Crippen LogP contribution in [0.1, 0.15) is 53.9 Å². The summed E-state index contributed by atoms with van der Waals surface area (Å²) in [6, 6.07) is -0.241.